The van der Waals surface area contributed by atoms with Crippen molar-refractivity contribution in [1.29, 1.82) is 0 Å². The Balaban J connectivity index is 1.44. The van der Waals surface area contributed by atoms with Crippen molar-refractivity contribution < 1.29 is 27.1 Å². The highest BCUT2D eigenvalue weighted by molar-refractivity contribution is 7.43. The van der Waals surface area contributed by atoms with Crippen LogP contribution in [0.1, 0.15) is 139 Å². The molecule has 334 valence electrons. The summed E-state index contributed by atoms with van der Waals surface area (Å²) in [6.07, 6.45) is 1.37. The van der Waals surface area contributed by atoms with Gasteiger partial charge in [0.05, 0.1) is 0 Å². The van der Waals surface area contributed by atoms with Crippen LogP contribution in [-0.4, -0.2) is 0 Å². The fraction of sp³-hybridized carbons (Fsp3) is 0.357. The molecule has 0 saturated carbocycles. The maximum atomic E-state index is 7.48. The van der Waals surface area contributed by atoms with Crippen molar-refractivity contribution in [3.05, 3.63) is 165 Å². The van der Waals surface area contributed by atoms with Gasteiger partial charge < -0.3 is 27.1 Å². The van der Waals surface area contributed by atoms with E-state index in [0.29, 0.717) is 24.3 Å². The largest absolute Gasteiger partial charge is 0.530 e. The summed E-state index contributed by atoms with van der Waals surface area (Å²) in [5, 5.41) is 0. The summed E-state index contributed by atoms with van der Waals surface area (Å²) in [7, 11) is -4.06. The van der Waals surface area contributed by atoms with E-state index in [9.17, 15) is 0 Å². The van der Waals surface area contributed by atoms with Gasteiger partial charge in [-0.05, 0) is 104 Å². The fourth-order valence-electron chi connectivity index (χ4n) is 8.93. The van der Waals surface area contributed by atoms with Crippen molar-refractivity contribution in [2.45, 2.75) is 131 Å². The monoisotopic (exact) mass is 894 g/mol. The number of hydrogen-bond acceptors (Lipinski definition) is 6. The molecule has 0 atom stereocenters. The third-order valence-electron chi connectivity index (χ3n) is 12.2. The minimum absolute atomic E-state index is 0.222. The third-order valence-corrected chi connectivity index (χ3v) is 14.3. The van der Waals surface area contributed by atoms with Gasteiger partial charge >= 0.3 is 17.2 Å². The van der Waals surface area contributed by atoms with Crippen LogP contribution in [0.5, 0.6) is 34.5 Å². The molecule has 0 unspecified atom stereocenters. The molecule has 6 nitrogen and oxygen atoms in total. The predicted molar refractivity (Wildman–Crippen MR) is 265 cm³/mol. The lowest BCUT2D eigenvalue weighted by molar-refractivity contribution is 0.373. The van der Waals surface area contributed by atoms with Gasteiger partial charge in [-0.1, -0.05) is 168 Å². The molecule has 2 aliphatic rings. The Labute approximate surface area is 384 Å². The van der Waals surface area contributed by atoms with Gasteiger partial charge in [0.2, 0.25) is 0 Å². The highest BCUT2D eigenvalue weighted by atomic mass is 31.2. The molecule has 0 bridgehead atoms. The van der Waals surface area contributed by atoms with Gasteiger partial charge in [-0.3, -0.25) is 0 Å². The second kappa shape index (κ2) is 17.1. The van der Waals surface area contributed by atoms with Crippen LogP contribution in [0.3, 0.4) is 0 Å². The van der Waals surface area contributed by atoms with E-state index in [1.54, 1.807) is 0 Å². The quantitative estimate of drug-likeness (QED) is 0.161. The minimum atomic E-state index is -2.03. The maximum Gasteiger partial charge on any atom is 0.530 e. The standard InChI is InChI=1S/C56H64O6P2/c1-35-41(53(3,4)5)33-43(55(9,10)11)51(61-63-57-45-27-19-15-23-37(45)31-38-24-16-20-28-46(38)58-63)49(35)50-36(2)42(54(6,7)8)34-44(56(12,13)14)52(50)62-64-59-47-29-21-17-25-39(47)32-40-26-18-22-30-48(40)60-64/h15-30,33-34H,31-32H2,1-14H3. The molecule has 0 amide bonds. The van der Waals surface area contributed by atoms with Crippen LogP contribution < -0.4 is 27.1 Å². The molecular formula is C56H64O6P2. The van der Waals surface area contributed by atoms with E-state index in [-0.39, 0.29) is 21.7 Å². The Kier molecular flexibility index (Phi) is 12.2. The first kappa shape index (κ1) is 45.5. The summed E-state index contributed by atoms with van der Waals surface area (Å²) >= 11 is 0. The first-order valence-electron chi connectivity index (χ1n) is 22.4. The number of rotatable bonds is 5. The van der Waals surface area contributed by atoms with Crippen LogP contribution in [0.4, 0.5) is 0 Å². The van der Waals surface area contributed by atoms with Crippen LogP contribution in [0.25, 0.3) is 11.1 Å². The van der Waals surface area contributed by atoms with Crippen molar-refractivity contribution in [3.8, 4) is 45.6 Å². The van der Waals surface area contributed by atoms with E-state index in [1.807, 2.05) is 48.5 Å². The molecule has 0 aliphatic carbocycles. The highest BCUT2D eigenvalue weighted by Crippen LogP contribution is 2.59. The van der Waals surface area contributed by atoms with Crippen molar-refractivity contribution in [1.82, 2.24) is 0 Å². The van der Waals surface area contributed by atoms with E-state index in [2.05, 4.69) is 158 Å². The van der Waals surface area contributed by atoms with Crippen molar-refractivity contribution in [3.63, 3.8) is 0 Å². The molecule has 0 aromatic heterocycles. The minimum Gasteiger partial charge on any atom is -0.408 e. The Morgan fingerprint density at radius 3 is 0.875 bits per heavy atom. The van der Waals surface area contributed by atoms with Gasteiger partial charge in [-0.2, -0.15) is 0 Å². The summed E-state index contributed by atoms with van der Waals surface area (Å²) in [4.78, 5) is 0. The summed E-state index contributed by atoms with van der Waals surface area (Å²) < 4.78 is 42.5. The second-order valence-electron chi connectivity index (χ2n) is 21.4. The summed E-state index contributed by atoms with van der Waals surface area (Å²) in [5.74, 6) is 4.41. The van der Waals surface area contributed by atoms with Gasteiger partial charge in [0.15, 0.2) is 0 Å². The Morgan fingerprint density at radius 2 is 0.625 bits per heavy atom. The van der Waals surface area contributed by atoms with Crippen LogP contribution >= 0.6 is 17.2 Å². The molecule has 0 saturated heterocycles. The van der Waals surface area contributed by atoms with Crippen molar-refractivity contribution in [2.24, 2.45) is 0 Å². The zero-order chi connectivity index (χ0) is 45.9. The average molecular weight is 895 g/mol. The molecular weight excluding hydrogens is 831 g/mol. The zero-order valence-electron chi connectivity index (χ0n) is 40.2. The molecule has 6 aromatic carbocycles. The Bertz CT molecular complexity index is 2430. The summed E-state index contributed by atoms with van der Waals surface area (Å²) in [6.45, 7) is 31.7. The molecule has 2 aliphatic heterocycles. The van der Waals surface area contributed by atoms with Crippen LogP contribution in [0.15, 0.2) is 109 Å². The van der Waals surface area contributed by atoms with E-state index < -0.39 is 17.2 Å². The Hall–Kier alpha value is -5.02. The molecule has 0 fully saturated rings. The van der Waals surface area contributed by atoms with Gasteiger partial charge in [0.1, 0.15) is 34.5 Å². The van der Waals surface area contributed by atoms with Gasteiger partial charge in [-0.15, -0.1) is 0 Å². The normalized spacial score (nSPS) is 14.7. The predicted octanol–water partition coefficient (Wildman–Crippen LogP) is 16.5. The van der Waals surface area contributed by atoms with E-state index >= 15 is 0 Å². The SMILES string of the molecule is Cc1c(C(C)(C)C)cc(C(C)(C)C)c(OP2Oc3ccccc3Cc3ccccc3O2)c1-c1c(C)c(C(C)(C)C)cc(C(C)(C)C)c1OP1Oc2ccccc2Cc2ccccc2O1. The number of benzene rings is 6. The summed E-state index contributed by atoms with van der Waals surface area (Å²) in [5.41, 5.74) is 11.8. The van der Waals surface area contributed by atoms with Crippen molar-refractivity contribution >= 4 is 17.2 Å². The molecule has 0 N–H and O–H groups in total. The Morgan fingerprint density at radius 1 is 0.375 bits per heavy atom. The lowest BCUT2D eigenvalue weighted by atomic mass is 9.72. The highest BCUT2D eigenvalue weighted by Gasteiger charge is 2.39. The molecule has 0 spiro atoms. The van der Waals surface area contributed by atoms with Gasteiger partial charge in [0.25, 0.3) is 0 Å². The topological polar surface area (TPSA) is 55.4 Å². The average Bonchev–Trinajstić information content (AvgIpc) is 3.18. The molecule has 8 heteroatoms. The van der Waals surface area contributed by atoms with Crippen LogP contribution in [0.2, 0.25) is 0 Å². The van der Waals surface area contributed by atoms with E-state index in [1.165, 1.54) is 11.1 Å². The lowest BCUT2D eigenvalue weighted by Crippen LogP contribution is -2.23. The van der Waals surface area contributed by atoms with Gasteiger partial charge in [0, 0.05) is 35.1 Å². The first-order valence-corrected chi connectivity index (χ1v) is 24.6. The second-order valence-corrected chi connectivity index (χ2v) is 23.4. The van der Waals surface area contributed by atoms with E-state index in [4.69, 9.17) is 27.1 Å². The first-order chi connectivity index (χ1) is 30.1. The number of para-hydroxylation sites is 4. The molecule has 0 radical (unpaired) electrons. The lowest BCUT2D eigenvalue weighted by Gasteiger charge is -2.36. The van der Waals surface area contributed by atoms with Crippen LogP contribution in [0, 0.1) is 13.8 Å². The van der Waals surface area contributed by atoms with Gasteiger partial charge in [-0.25, -0.2) is 0 Å². The maximum absolute atomic E-state index is 7.48. The fourth-order valence-corrected chi connectivity index (χ4v) is 11.2. The van der Waals surface area contributed by atoms with E-state index in [0.717, 1.165) is 78.6 Å². The third kappa shape index (κ3) is 9.24. The molecule has 2 heterocycles. The number of hydrogen-bond donors (Lipinski definition) is 0. The smallest absolute Gasteiger partial charge is 0.408 e. The zero-order valence-corrected chi connectivity index (χ0v) is 41.9. The molecule has 64 heavy (non-hydrogen) atoms. The number of fused-ring (bicyclic) bond motifs is 4. The van der Waals surface area contributed by atoms with Crippen LogP contribution in [-0.2, 0) is 34.5 Å². The molecule has 6 aromatic rings. The van der Waals surface area contributed by atoms with Crippen molar-refractivity contribution in [2.75, 3.05) is 0 Å². The summed E-state index contributed by atoms with van der Waals surface area (Å²) in [6, 6.07) is 37.5. The molecule has 8 rings (SSSR count).